The maximum absolute atomic E-state index is 13.3. The van der Waals surface area contributed by atoms with Crippen molar-refractivity contribution in [3.63, 3.8) is 0 Å². The van der Waals surface area contributed by atoms with Crippen molar-refractivity contribution in [2.75, 3.05) is 13.2 Å². The van der Waals surface area contributed by atoms with Crippen LogP contribution in [0.15, 0.2) is 59.7 Å². The molecule has 1 amide bonds. The quantitative estimate of drug-likeness (QED) is 0.699. The van der Waals surface area contributed by atoms with Gasteiger partial charge in [-0.25, -0.2) is 9.37 Å². The number of benzene rings is 2. The fourth-order valence-corrected chi connectivity index (χ4v) is 2.36. The van der Waals surface area contributed by atoms with E-state index in [1.165, 1.54) is 23.0 Å². The first-order chi connectivity index (χ1) is 13.1. The summed E-state index contributed by atoms with van der Waals surface area (Å²) >= 11 is 0. The van der Waals surface area contributed by atoms with E-state index in [0.717, 1.165) is 0 Å². The minimum atomic E-state index is -0.456. The highest BCUT2D eigenvalue weighted by Gasteiger charge is 2.07. The molecule has 136 valence electrons. The number of hydrogen-bond acceptors (Lipinski definition) is 4. The van der Waals surface area contributed by atoms with Gasteiger partial charge in [0.15, 0.2) is 11.6 Å². The zero-order valence-electron chi connectivity index (χ0n) is 14.3. The van der Waals surface area contributed by atoms with Crippen LogP contribution in [0.3, 0.4) is 0 Å². The number of nitrogens with one attached hydrogen (secondary N) is 1. The lowest BCUT2D eigenvalue weighted by Gasteiger charge is -2.06. The minimum Gasteiger partial charge on any atom is -0.478 e. The molecule has 0 saturated heterocycles. The lowest BCUT2D eigenvalue weighted by molar-refractivity contribution is -0.121. The number of carbonyl (C=O) groups excluding carboxylic acids is 1. The summed E-state index contributed by atoms with van der Waals surface area (Å²) in [5.41, 5.74) is 0.306. The number of para-hydroxylation sites is 2. The third kappa shape index (κ3) is 4.70. The Balaban J connectivity index is 1.49. The van der Waals surface area contributed by atoms with Crippen LogP contribution in [0.25, 0.3) is 10.9 Å². The van der Waals surface area contributed by atoms with E-state index in [1.54, 1.807) is 36.4 Å². The van der Waals surface area contributed by atoms with Gasteiger partial charge >= 0.3 is 0 Å². The third-order valence-corrected chi connectivity index (χ3v) is 3.68. The van der Waals surface area contributed by atoms with E-state index < -0.39 is 5.82 Å². The summed E-state index contributed by atoms with van der Waals surface area (Å²) in [6.07, 6.45) is 1.35. The Kier molecular flexibility index (Phi) is 5.80. The molecule has 0 saturated carbocycles. The first-order valence-electron chi connectivity index (χ1n) is 8.19. The van der Waals surface area contributed by atoms with E-state index in [4.69, 9.17) is 4.74 Å². The van der Waals surface area contributed by atoms with Crippen LogP contribution in [-0.2, 0) is 11.3 Å². The second-order valence-corrected chi connectivity index (χ2v) is 5.54. The lowest BCUT2D eigenvalue weighted by atomic mass is 10.2. The molecule has 2 aromatic carbocycles. The molecule has 3 rings (SSSR count). The van der Waals surface area contributed by atoms with Crippen molar-refractivity contribution >= 4 is 16.8 Å². The van der Waals surface area contributed by atoms with E-state index in [2.05, 4.69) is 22.1 Å². The summed E-state index contributed by atoms with van der Waals surface area (Å²) in [4.78, 5) is 28.4. The highest BCUT2D eigenvalue weighted by molar-refractivity contribution is 5.78. The lowest BCUT2D eigenvalue weighted by Crippen LogP contribution is -2.32. The normalized spacial score (nSPS) is 10.1. The van der Waals surface area contributed by atoms with Crippen LogP contribution >= 0.6 is 0 Å². The van der Waals surface area contributed by atoms with Crippen LogP contribution in [0.4, 0.5) is 4.39 Å². The van der Waals surface area contributed by atoms with Crippen LogP contribution in [0.5, 0.6) is 5.75 Å². The van der Waals surface area contributed by atoms with Gasteiger partial charge in [0.2, 0.25) is 5.91 Å². The van der Waals surface area contributed by atoms with E-state index in [-0.39, 0.29) is 36.9 Å². The molecule has 0 spiro atoms. The monoisotopic (exact) mass is 365 g/mol. The molecule has 0 bridgehead atoms. The van der Waals surface area contributed by atoms with Crippen molar-refractivity contribution in [2.24, 2.45) is 0 Å². The third-order valence-electron chi connectivity index (χ3n) is 3.68. The van der Waals surface area contributed by atoms with Crippen molar-refractivity contribution in [1.82, 2.24) is 14.9 Å². The van der Waals surface area contributed by atoms with Gasteiger partial charge in [-0.05, 0) is 24.3 Å². The average molecular weight is 365 g/mol. The van der Waals surface area contributed by atoms with Gasteiger partial charge in [0.05, 0.1) is 23.8 Å². The summed E-state index contributed by atoms with van der Waals surface area (Å²) in [5.74, 6) is 4.69. The molecule has 1 heterocycles. The van der Waals surface area contributed by atoms with Gasteiger partial charge in [-0.15, -0.1) is 0 Å². The van der Waals surface area contributed by atoms with Crippen molar-refractivity contribution in [2.45, 2.75) is 6.54 Å². The van der Waals surface area contributed by atoms with Crippen LogP contribution in [0.1, 0.15) is 0 Å². The molecule has 7 heteroatoms. The molecule has 0 radical (unpaired) electrons. The molecule has 3 aromatic rings. The van der Waals surface area contributed by atoms with Gasteiger partial charge in [-0.2, -0.15) is 0 Å². The largest absolute Gasteiger partial charge is 0.478 e. The molecular weight excluding hydrogens is 349 g/mol. The van der Waals surface area contributed by atoms with Gasteiger partial charge in [-0.1, -0.05) is 36.1 Å². The summed E-state index contributed by atoms with van der Waals surface area (Å²) in [5, 5.41) is 3.04. The Labute approximate surface area is 154 Å². The zero-order valence-corrected chi connectivity index (χ0v) is 14.3. The van der Waals surface area contributed by atoms with E-state index in [1.807, 2.05) is 0 Å². The van der Waals surface area contributed by atoms with Crippen LogP contribution < -0.4 is 15.6 Å². The van der Waals surface area contributed by atoms with Gasteiger partial charge in [-0.3, -0.25) is 14.2 Å². The number of amides is 1. The average Bonchev–Trinajstić information content (AvgIpc) is 2.68. The molecule has 1 aromatic heterocycles. The Morgan fingerprint density at radius 1 is 1.15 bits per heavy atom. The summed E-state index contributed by atoms with van der Waals surface area (Å²) in [6, 6.07) is 13.0. The number of halogens is 1. The number of hydrogen-bond donors (Lipinski definition) is 1. The molecule has 0 atom stereocenters. The summed E-state index contributed by atoms with van der Waals surface area (Å²) in [7, 11) is 0. The maximum atomic E-state index is 13.3. The van der Waals surface area contributed by atoms with Crippen molar-refractivity contribution in [1.29, 1.82) is 0 Å². The molecule has 27 heavy (non-hydrogen) atoms. The number of fused-ring (bicyclic) bond motifs is 1. The number of nitrogens with zero attached hydrogens (tertiary/aromatic N) is 2. The number of ether oxygens (including phenoxy) is 1. The molecule has 0 fully saturated rings. The fraction of sp³-hybridized carbons (Fsp3) is 0.150. The Bertz CT molecular complexity index is 1080. The number of carbonyl (C=O) groups is 1. The molecule has 0 unspecified atom stereocenters. The molecule has 0 aliphatic rings. The minimum absolute atomic E-state index is 0.00482. The highest BCUT2D eigenvalue weighted by atomic mass is 19.1. The number of aromatic nitrogens is 2. The summed E-state index contributed by atoms with van der Waals surface area (Å²) in [6.45, 7) is -0.0514. The SMILES string of the molecule is O=C(Cn1cnc2ccccc2c1=O)NCC#CCOc1ccccc1F. The predicted molar refractivity (Wildman–Crippen MR) is 98.7 cm³/mol. The van der Waals surface area contributed by atoms with Gasteiger partial charge in [0.1, 0.15) is 13.2 Å². The van der Waals surface area contributed by atoms with Gasteiger partial charge < -0.3 is 10.1 Å². The zero-order chi connectivity index (χ0) is 19.1. The maximum Gasteiger partial charge on any atom is 0.261 e. The molecule has 0 aliphatic heterocycles. The molecule has 1 N–H and O–H groups in total. The van der Waals surface area contributed by atoms with Crippen LogP contribution in [-0.4, -0.2) is 28.6 Å². The Morgan fingerprint density at radius 3 is 2.78 bits per heavy atom. The molecule has 6 nitrogen and oxygen atoms in total. The second kappa shape index (κ2) is 8.63. The van der Waals surface area contributed by atoms with Crippen LogP contribution in [0, 0.1) is 17.7 Å². The first kappa shape index (κ1) is 18.1. The van der Waals surface area contributed by atoms with E-state index in [0.29, 0.717) is 10.9 Å². The standard InChI is InChI=1S/C20H16FN3O3/c21-16-8-2-4-10-18(16)27-12-6-5-11-22-19(25)13-24-14-23-17-9-3-1-7-15(17)20(24)26/h1-4,7-10,14H,11-13H2,(H,22,25). The second-order valence-electron chi connectivity index (χ2n) is 5.54. The van der Waals surface area contributed by atoms with Crippen molar-refractivity contribution in [3.05, 3.63) is 71.0 Å². The number of rotatable bonds is 5. The van der Waals surface area contributed by atoms with Crippen molar-refractivity contribution in [3.8, 4) is 17.6 Å². The topological polar surface area (TPSA) is 73.2 Å². The van der Waals surface area contributed by atoms with Crippen molar-refractivity contribution < 1.29 is 13.9 Å². The van der Waals surface area contributed by atoms with E-state index in [9.17, 15) is 14.0 Å². The predicted octanol–water partition coefficient (Wildman–Crippen LogP) is 1.73. The summed E-state index contributed by atoms with van der Waals surface area (Å²) < 4.78 is 19.8. The van der Waals surface area contributed by atoms with Crippen LogP contribution in [0.2, 0.25) is 0 Å². The molecular formula is C20H16FN3O3. The molecule has 0 aliphatic carbocycles. The Morgan fingerprint density at radius 2 is 1.93 bits per heavy atom. The smallest absolute Gasteiger partial charge is 0.261 e. The Hall–Kier alpha value is -3.66. The first-order valence-corrected chi connectivity index (χ1v) is 8.19. The fourth-order valence-electron chi connectivity index (χ4n) is 2.36. The van der Waals surface area contributed by atoms with Gasteiger partial charge in [0, 0.05) is 0 Å². The highest BCUT2D eigenvalue weighted by Crippen LogP contribution is 2.14. The van der Waals surface area contributed by atoms with E-state index >= 15 is 0 Å². The van der Waals surface area contributed by atoms with Gasteiger partial charge in [0.25, 0.3) is 5.56 Å².